The molecule has 0 heterocycles. The molecule has 0 bridgehead atoms. The molecule has 0 fully saturated rings. The average Bonchev–Trinajstić information content (AvgIpc) is 3.47. The summed E-state index contributed by atoms with van der Waals surface area (Å²) in [6.07, 6.45) is 94.8. The Balaban J connectivity index is 4.22. The van der Waals surface area contributed by atoms with E-state index in [0.717, 1.165) is 96.3 Å². The second-order valence-electron chi connectivity index (χ2n) is 23.4. The van der Waals surface area contributed by atoms with Crippen LogP contribution in [0.3, 0.4) is 0 Å². The van der Waals surface area contributed by atoms with Gasteiger partial charge in [0.25, 0.3) is 0 Å². The number of carbonyl (C=O) groups is 3. The third-order valence-electron chi connectivity index (χ3n) is 15.3. The van der Waals surface area contributed by atoms with E-state index in [9.17, 15) is 14.4 Å². The zero-order chi connectivity index (χ0) is 59.2. The summed E-state index contributed by atoms with van der Waals surface area (Å²) in [6, 6.07) is 0. The standard InChI is InChI=1S/C76H132O6/c1-4-7-10-13-16-19-22-25-28-30-31-32-33-34-35-36-37-38-39-40-41-42-43-44-45-46-49-51-54-57-60-63-66-69-75(78)81-72-73(71-80-74(77)68-65-62-59-56-53-50-47-27-24-21-18-15-12-9-6-3)82-76(79)70-67-64-61-58-55-52-48-29-26-23-20-17-14-11-8-5-2/h9,12,18,20-21,23,27,29-31,47-48,53,56,62,65,73H,4-8,10-11,13-17,19,22,24-26,28,32-46,49-52,54-55,57-61,63-64,66-72H2,1-3H3/b12-9-,21-18-,23-20-,31-30-,47-27-,48-29-,56-53-,65-62-. The van der Waals surface area contributed by atoms with E-state index in [1.54, 1.807) is 6.08 Å². The van der Waals surface area contributed by atoms with Crippen molar-refractivity contribution in [3.63, 3.8) is 0 Å². The van der Waals surface area contributed by atoms with Gasteiger partial charge in [-0.3, -0.25) is 14.4 Å². The number of ether oxygens (including phenoxy) is 3. The molecule has 6 heteroatoms. The molecule has 0 amide bonds. The van der Waals surface area contributed by atoms with E-state index >= 15 is 0 Å². The minimum Gasteiger partial charge on any atom is -0.462 e. The number of rotatable bonds is 64. The van der Waals surface area contributed by atoms with Crippen LogP contribution in [0.4, 0.5) is 0 Å². The van der Waals surface area contributed by atoms with Crippen LogP contribution in [-0.4, -0.2) is 37.2 Å². The molecule has 0 spiro atoms. The highest BCUT2D eigenvalue weighted by molar-refractivity contribution is 5.72. The normalized spacial score (nSPS) is 12.7. The van der Waals surface area contributed by atoms with Crippen LogP contribution in [0.1, 0.15) is 348 Å². The lowest BCUT2D eigenvalue weighted by Gasteiger charge is -2.18. The van der Waals surface area contributed by atoms with Crippen LogP contribution in [0.2, 0.25) is 0 Å². The first-order chi connectivity index (χ1) is 40.5. The Morgan fingerprint density at radius 3 is 0.878 bits per heavy atom. The van der Waals surface area contributed by atoms with E-state index < -0.39 is 12.1 Å². The molecule has 0 saturated heterocycles. The first-order valence-corrected chi connectivity index (χ1v) is 35.2. The lowest BCUT2D eigenvalue weighted by molar-refractivity contribution is -0.166. The topological polar surface area (TPSA) is 78.9 Å². The maximum absolute atomic E-state index is 12.9. The van der Waals surface area contributed by atoms with Crippen molar-refractivity contribution in [2.75, 3.05) is 13.2 Å². The molecule has 82 heavy (non-hydrogen) atoms. The molecular weight excluding hydrogens is 1010 g/mol. The fourth-order valence-electron chi connectivity index (χ4n) is 10.1. The Morgan fingerprint density at radius 2 is 0.524 bits per heavy atom. The van der Waals surface area contributed by atoms with Crippen molar-refractivity contribution in [3.8, 4) is 0 Å². The minimum absolute atomic E-state index is 0.111. The molecule has 472 valence electrons. The average molecular weight is 1140 g/mol. The monoisotopic (exact) mass is 1140 g/mol. The van der Waals surface area contributed by atoms with Gasteiger partial charge in [-0.25, -0.2) is 0 Å². The van der Waals surface area contributed by atoms with Gasteiger partial charge in [-0.05, 0) is 103 Å². The lowest BCUT2D eigenvalue weighted by Crippen LogP contribution is -2.30. The number of carbonyl (C=O) groups excluding carboxylic acids is 3. The summed E-state index contributed by atoms with van der Waals surface area (Å²) in [5, 5.41) is 0. The SMILES string of the molecule is CC/C=C\C/C=C\C/C=C\C/C=C\C/C=C\CC(=O)OCC(COC(=O)CCCCCCCCCCCCCCCCCCCCCCC/C=C\CCCCCCCCCC)OC(=O)CCCCCCC/C=C\C/C=C\CCCCCC. The van der Waals surface area contributed by atoms with E-state index in [-0.39, 0.29) is 31.6 Å². The molecule has 0 N–H and O–H groups in total. The molecule has 0 aliphatic rings. The van der Waals surface area contributed by atoms with E-state index in [4.69, 9.17) is 14.2 Å². The number of hydrogen-bond acceptors (Lipinski definition) is 6. The van der Waals surface area contributed by atoms with Gasteiger partial charge in [0.2, 0.25) is 0 Å². The summed E-state index contributed by atoms with van der Waals surface area (Å²) >= 11 is 0. The van der Waals surface area contributed by atoms with E-state index in [0.29, 0.717) is 12.8 Å². The number of allylic oxidation sites excluding steroid dienone is 15. The first kappa shape index (κ1) is 78.3. The highest BCUT2D eigenvalue weighted by Gasteiger charge is 2.19. The Morgan fingerprint density at radius 1 is 0.268 bits per heavy atom. The highest BCUT2D eigenvalue weighted by atomic mass is 16.6. The molecule has 0 aliphatic carbocycles. The summed E-state index contributed by atoms with van der Waals surface area (Å²) in [5.74, 6) is -1.05. The van der Waals surface area contributed by atoms with Gasteiger partial charge < -0.3 is 14.2 Å². The maximum atomic E-state index is 12.9. The van der Waals surface area contributed by atoms with E-state index in [1.165, 1.54) is 212 Å². The van der Waals surface area contributed by atoms with Gasteiger partial charge in [-0.1, -0.05) is 323 Å². The van der Waals surface area contributed by atoms with Gasteiger partial charge in [0.05, 0.1) is 6.42 Å². The Kier molecular flexibility index (Phi) is 66.7. The molecule has 0 aromatic rings. The third kappa shape index (κ3) is 67.1. The van der Waals surface area contributed by atoms with Gasteiger partial charge in [0, 0.05) is 12.8 Å². The largest absolute Gasteiger partial charge is 0.462 e. The van der Waals surface area contributed by atoms with Crippen molar-refractivity contribution in [1.29, 1.82) is 0 Å². The zero-order valence-electron chi connectivity index (χ0n) is 54.2. The van der Waals surface area contributed by atoms with Gasteiger partial charge in [-0.15, -0.1) is 0 Å². The zero-order valence-corrected chi connectivity index (χ0v) is 54.2. The predicted octanol–water partition coefficient (Wildman–Crippen LogP) is 24.4. The van der Waals surface area contributed by atoms with Crippen LogP contribution in [0.5, 0.6) is 0 Å². The summed E-state index contributed by atoms with van der Waals surface area (Å²) in [7, 11) is 0. The van der Waals surface area contributed by atoms with Crippen LogP contribution in [-0.2, 0) is 28.6 Å². The van der Waals surface area contributed by atoms with Crippen LogP contribution in [0, 0.1) is 0 Å². The molecule has 0 aromatic heterocycles. The van der Waals surface area contributed by atoms with E-state index in [2.05, 4.69) is 106 Å². The van der Waals surface area contributed by atoms with Gasteiger partial charge in [0.1, 0.15) is 13.2 Å². The second kappa shape index (κ2) is 69.8. The Hall–Kier alpha value is -3.67. The summed E-state index contributed by atoms with van der Waals surface area (Å²) in [4.78, 5) is 38.3. The summed E-state index contributed by atoms with van der Waals surface area (Å²) in [5.41, 5.74) is 0. The van der Waals surface area contributed by atoms with Crippen molar-refractivity contribution in [2.24, 2.45) is 0 Å². The van der Waals surface area contributed by atoms with Crippen molar-refractivity contribution < 1.29 is 28.6 Å². The highest BCUT2D eigenvalue weighted by Crippen LogP contribution is 2.17. The molecule has 0 aliphatic heterocycles. The number of hydrogen-bond donors (Lipinski definition) is 0. The Bertz CT molecular complexity index is 1590. The van der Waals surface area contributed by atoms with Crippen LogP contribution in [0.15, 0.2) is 97.2 Å². The van der Waals surface area contributed by atoms with Crippen molar-refractivity contribution >= 4 is 17.9 Å². The van der Waals surface area contributed by atoms with Crippen LogP contribution >= 0.6 is 0 Å². The predicted molar refractivity (Wildman–Crippen MR) is 357 cm³/mol. The number of esters is 3. The van der Waals surface area contributed by atoms with Crippen molar-refractivity contribution in [2.45, 2.75) is 354 Å². The summed E-state index contributed by atoms with van der Waals surface area (Å²) in [6.45, 7) is 6.44. The maximum Gasteiger partial charge on any atom is 0.309 e. The van der Waals surface area contributed by atoms with E-state index in [1.807, 2.05) is 6.08 Å². The molecular formula is C76H132O6. The molecule has 1 unspecified atom stereocenters. The second-order valence-corrected chi connectivity index (χ2v) is 23.4. The number of unbranched alkanes of at least 4 members (excludes halogenated alkanes) is 38. The molecule has 6 nitrogen and oxygen atoms in total. The molecule has 1 atom stereocenters. The van der Waals surface area contributed by atoms with Crippen LogP contribution in [0.25, 0.3) is 0 Å². The smallest absolute Gasteiger partial charge is 0.309 e. The van der Waals surface area contributed by atoms with Crippen molar-refractivity contribution in [1.82, 2.24) is 0 Å². The first-order valence-electron chi connectivity index (χ1n) is 35.2. The minimum atomic E-state index is -0.826. The molecule has 0 saturated carbocycles. The van der Waals surface area contributed by atoms with Gasteiger partial charge >= 0.3 is 17.9 Å². The molecule has 0 rings (SSSR count). The van der Waals surface area contributed by atoms with Gasteiger partial charge in [-0.2, -0.15) is 0 Å². The third-order valence-corrected chi connectivity index (χ3v) is 15.3. The van der Waals surface area contributed by atoms with Crippen LogP contribution < -0.4 is 0 Å². The molecule has 0 radical (unpaired) electrons. The molecule has 0 aromatic carbocycles. The van der Waals surface area contributed by atoms with Gasteiger partial charge in [0.15, 0.2) is 6.10 Å². The lowest BCUT2D eigenvalue weighted by atomic mass is 10.0. The Labute approximate surface area is 508 Å². The quantitative estimate of drug-likeness (QED) is 0.0261. The summed E-state index contributed by atoms with van der Waals surface area (Å²) < 4.78 is 16.8. The van der Waals surface area contributed by atoms with Crippen molar-refractivity contribution in [3.05, 3.63) is 97.2 Å². The fourth-order valence-corrected chi connectivity index (χ4v) is 10.1. The fraction of sp³-hybridized carbons (Fsp3) is 0.750.